The Hall–Kier alpha value is -1.30. The van der Waals surface area contributed by atoms with Crippen LogP contribution >= 0.6 is 23.2 Å². The SMILES string of the molecule is CNC(=O)C1CCN(CCC(=O)Nc2cc(Cl)ccc2Cl)CC1. The van der Waals surface area contributed by atoms with Crippen molar-refractivity contribution in [3.05, 3.63) is 28.2 Å². The largest absolute Gasteiger partial charge is 0.359 e. The van der Waals surface area contributed by atoms with Gasteiger partial charge in [0.1, 0.15) is 0 Å². The first kappa shape index (κ1) is 18.0. The second-order valence-corrected chi connectivity index (χ2v) is 6.50. The molecule has 1 aromatic carbocycles. The van der Waals surface area contributed by atoms with Crippen molar-refractivity contribution < 1.29 is 9.59 Å². The molecule has 0 aliphatic carbocycles. The summed E-state index contributed by atoms with van der Waals surface area (Å²) in [5, 5.41) is 6.47. The van der Waals surface area contributed by atoms with Crippen molar-refractivity contribution in [3.8, 4) is 0 Å². The third-order valence-corrected chi connectivity index (χ3v) is 4.63. The maximum Gasteiger partial charge on any atom is 0.225 e. The highest BCUT2D eigenvalue weighted by molar-refractivity contribution is 6.35. The normalized spacial score (nSPS) is 16.1. The third kappa shape index (κ3) is 5.37. The van der Waals surface area contributed by atoms with E-state index < -0.39 is 0 Å². The molecule has 1 heterocycles. The maximum absolute atomic E-state index is 12.0. The minimum absolute atomic E-state index is 0.0929. The molecule has 1 aromatic rings. The minimum Gasteiger partial charge on any atom is -0.359 e. The van der Waals surface area contributed by atoms with Crippen LogP contribution in [0.1, 0.15) is 19.3 Å². The Balaban J connectivity index is 1.75. The fourth-order valence-electron chi connectivity index (χ4n) is 2.69. The highest BCUT2D eigenvalue weighted by Crippen LogP contribution is 2.25. The van der Waals surface area contributed by atoms with Crippen molar-refractivity contribution in [3.63, 3.8) is 0 Å². The van der Waals surface area contributed by atoms with Crippen molar-refractivity contribution in [1.29, 1.82) is 0 Å². The van der Waals surface area contributed by atoms with Gasteiger partial charge in [0.05, 0.1) is 10.7 Å². The van der Waals surface area contributed by atoms with Gasteiger partial charge in [0.2, 0.25) is 11.8 Å². The van der Waals surface area contributed by atoms with Crippen molar-refractivity contribution in [2.24, 2.45) is 5.92 Å². The Morgan fingerprint density at radius 3 is 2.61 bits per heavy atom. The zero-order chi connectivity index (χ0) is 16.8. The molecule has 0 spiro atoms. The van der Waals surface area contributed by atoms with Gasteiger partial charge in [-0.05, 0) is 44.1 Å². The van der Waals surface area contributed by atoms with E-state index in [0.29, 0.717) is 28.7 Å². The van der Waals surface area contributed by atoms with E-state index in [0.717, 1.165) is 25.9 Å². The number of carbonyl (C=O) groups excluding carboxylic acids is 2. The lowest BCUT2D eigenvalue weighted by atomic mass is 9.96. The number of anilines is 1. The summed E-state index contributed by atoms with van der Waals surface area (Å²) < 4.78 is 0. The molecule has 0 bridgehead atoms. The standard InChI is InChI=1S/C16H21Cl2N3O2/c1-19-16(23)11-4-7-21(8-5-11)9-6-15(22)20-14-10-12(17)2-3-13(14)18/h2-3,10-11H,4-9H2,1H3,(H,19,23)(H,20,22). The summed E-state index contributed by atoms with van der Waals surface area (Å²) in [5.41, 5.74) is 0.530. The van der Waals surface area contributed by atoms with Gasteiger partial charge in [-0.3, -0.25) is 9.59 Å². The van der Waals surface area contributed by atoms with Gasteiger partial charge in [-0.1, -0.05) is 23.2 Å². The highest BCUT2D eigenvalue weighted by atomic mass is 35.5. The fourth-order valence-corrected chi connectivity index (χ4v) is 3.03. The zero-order valence-electron chi connectivity index (χ0n) is 13.1. The number of hydrogen-bond donors (Lipinski definition) is 2. The predicted molar refractivity (Wildman–Crippen MR) is 92.9 cm³/mol. The second kappa shape index (κ2) is 8.52. The molecule has 0 radical (unpaired) electrons. The van der Waals surface area contributed by atoms with Crippen LogP contribution < -0.4 is 10.6 Å². The van der Waals surface area contributed by atoms with Gasteiger partial charge in [0.25, 0.3) is 0 Å². The Labute approximate surface area is 146 Å². The van der Waals surface area contributed by atoms with Crippen LogP contribution in [-0.2, 0) is 9.59 Å². The second-order valence-electron chi connectivity index (χ2n) is 5.65. The average Bonchev–Trinajstić information content (AvgIpc) is 2.56. The van der Waals surface area contributed by atoms with E-state index in [1.165, 1.54) is 0 Å². The van der Waals surface area contributed by atoms with Crippen LogP contribution in [0.3, 0.4) is 0 Å². The topological polar surface area (TPSA) is 61.4 Å². The fraction of sp³-hybridized carbons (Fsp3) is 0.500. The minimum atomic E-state index is -0.0948. The number of hydrogen-bond acceptors (Lipinski definition) is 3. The lowest BCUT2D eigenvalue weighted by Gasteiger charge is -2.30. The van der Waals surface area contributed by atoms with Crippen molar-refractivity contribution in [1.82, 2.24) is 10.2 Å². The number of amides is 2. The van der Waals surface area contributed by atoms with E-state index in [-0.39, 0.29) is 17.7 Å². The summed E-state index contributed by atoms with van der Waals surface area (Å²) in [4.78, 5) is 25.8. The number of benzene rings is 1. The van der Waals surface area contributed by atoms with Gasteiger partial charge in [0.15, 0.2) is 0 Å². The molecule has 126 valence electrons. The molecule has 1 aliphatic heterocycles. The highest BCUT2D eigenvalue weighted by Gasteiger charge is 2.24. The van der Waals surface area contributed by atoms with Crippen LogP contribution in [0, 0.1) is 5.92 Å². The first-order valence-electron chi connectivity index (χ1n) is 7.68. The number of carbonyl (C=O) groups is 2. The van der Waals surface area contributed by atoms with E-state index in [2.05, 4.69) is 15.5 Å². The molecule has 1 aliphatic rings. The average molecular weight is 358 g/mol. The van der Waals surface area contributed by atoms with Crippen molar-refractivity contribution in [2.75, 3.05) is 32.0 Å². The van der Waals surface area contributed by atoms with Gasteiger partial charge in [-0.25, -0.2) is 0 Å². The summed E-state index contributed by atoms with van der Waals surface area (Å²) in [6.07, 6.45) is 2.05. The number of nitrogens with zero attached hydrogens (tertiary/aromatic N) is 1. The molecule has 0 atom stereocenters. The number of halogens is 2. The van der Waals surface area contributed by atoms with Gasteiger partial charge in [0, 0.05) is 31.0 Å². The van der Waals surface area contributed by atoms with Crippen LogP contribution in [0.2, 0.25) is 10.0 Å². The molecule has 0 aromatic heterocycles. The van der Waals surface area contributed by atoms with Crippen molar-refractivity contribution in [2.45, 2.75) is 19.3 Å². The van der Waals surface area contributed by atoms with Crippen LogP contribution in [0.4, 0.5) is 5.69 Å². The molecule has 23 heavy (non-hydrogen) atoms. The Morgan fingerprint density at radius 1 is 1.26 bits per heavy atom. The van der Waals surface area contributed by atoms with Crippen LogP contribution in [0.25, 0.3) is 0 Å². The molecule has 0 saturated carbocycles. The molecule has 2 amide bonds. The van der Waals surface area contributed by atoms with Crippen LogP contribution in [0.5, 0.6) is 0 Å². The summed E-state index contributed by atoms with van der Waals surface area (Å²) in [7, 11) is 1.67. The van der Waals surface area contributed by atoms with Gasteiger partial charge >= 0.3 is 0 Å². The quantitative estimate of drug-likeness (QED) is 0.851. The van der Waals surface area contributed by atoms with E-state index in [1.807, 2.05) is 0 Å². The third-order valence-electron chi connectivity index (χ3n) is 4.06. The Kier molecular flexibility index (Phi) is 6.69. The van der Waals surface area contributed by atoms with Crippen molar-refractivity contribution >= 4 is 40.7 Å². The molecule has 0 unspecified atom stereocenters. The maximum atomic E-state index is 12.0. The first-order valence-corrected chi connectivity index (χ1v) is 8.44. The number of piperidine rings is 1. The van der Waals surface area contributed by atoms with Gasteiger partial charge < -0.3 is 15.5 Å². The van der Waals surface area contributed by atoms with Crippen LogP contribution in [-0.4, -0.2) is 43.4 Å². The summed E-state index contributed by atoms with van der Waals surface area (Å²) >= 11 is 11.9. The van der Waals surface area contributed by atoms with E-state index >= 15 is 0 Å². The lowest BCUT2D eigenvalue weighted by Crippen LogP contribution is -2.40. The van der Waals surface area contributed by atoms with Crippen LogP contribution in [0.15, 0.2) is 18.2 Å². The summed E-state index contributed by atoms with van der Waals surface area (Å²) in [6.45, 7) is 2.34. The summed E-state index contributed by atoms with van der Waals surface area (Å²) in [5.74, 6) is 0.107. The Bertz CT molecular complexity index is 572. The monoisotopic (exact) mass is 357 g/mol. The zero-order valence-corrected chi connectivity index (χ0v) is 14.6. The lowest BCUT2D eigenvalue weighted by molar-refractivity contribution is -0.126. The summed E-state index contributed by atoms with van der Waals surface area (Å²) in [6, 6.07) is 4.97. The molecule has 5 nitrogen and oxygen atoms in total. The van der Waals surface area contributed by atoms with E-state index in [4.69, 9.17) is 23.2 Å². The predicted octanol–water partition coefficient (Wildman–Crippen LogP) is 2.78. The molecule has 1 saturated heterocycles. The Morgan fingerprint density at radius 2 is 1.96 bits per heavy atom. The molecule has 1 fully saturated rings. The van der Waals surface area contributed by atoms with E-state index in [1.54, 1.807) is 25.2 Å². The smallest absolute Gasteiger partial charge is 0.225 e. The molecule has 2 rings (SSSR count). The number of likely N-dealkylation sites (tertiary alicyclic amines) is 1. The molecular formula is C16H21Cl2N3O2. The van der Waals surface area contributed by atoms with Gasteiger partial charge in [-0.2, -0.15) is 0 Å². The number of rotatable bonds is 5. The number of nitrogens with one attached hydrogen (secondary N) is 2. The van der Waals surface area contributed by atoms with Gasteiger partial charge in [-0.15, -0.1) is 0 Å². The first-order chi connectivity index (χ1) is 11.0. The molecule has 7 heteroatoms. The van der Waals surface area contributed by atoms with E-state index in [9.17, 15) is 9.59 Å². The molecule has 2 N–H and O–H groups in total. The molecular weight excluding hydrogens is 337 g/mol.